The Labute approximate surface area is 184 Å². The molecule has 160 valence electrons. The van der Waals surface area contributed by atoms with Crippen molar-refractivity contribution >= 4 is 33.4 Å². The van der Waals surface area contributed by atoms with Crippen LogP contribution in [0.3, 0.4) is 0 Å². The predicted molar refractivity (Wildman–Crippen MR) is 117 cm³/mol. The van der Waals surface area contributed by atoms with Gasteiger partial charge in [-0.25, -0.2) is 4.39 Å². The quantitative estimate of drug-likeness (QED) is 0.688. The molecule has 0 unspecified atom stereocenters. The molecule has 30 heavy (non-hydrogen) atoms. The van der Waals surface area contributed by atoms with Gasteiger partial charge in [-0.3, -0.25) is 14.5 Å². The minimum atomic E-state index is -0.474. The van der Waals surface area contributed by atoms with Crippen LogP contribution in [0.1, 0.15) is 22.3 Å². The smallest absolute Gasteiger partial charge is 0.254 e. The van der Waals surface area contributed by atoms with Crippen molar-refractivity contribution in [1.82, 2.24) is 9.80 Å². The highest BCUT2D eigenvalue weighted by Crippen LogP contribution is 2.21. The second-order valence-electron chi connectivity index (χ2n) is 7.24. The molecule has 3 rings (SSSR count). The van der Waals surface area contributed by atoms with Gasteiger partial charge in [0, 0.05) is 49.2 Å². The Balaban J connectivity index is 1.46. The highest BCUT2D eigenvalue weighted by Gasteiger charge is 2.23. The lowest BCUT2D eigenvalue weighted by Gasteiger charge is -2.34. The van der Waals surface area contributed by atoms with E-state index in [0.29, 0.717) is 48.5 Å². The number of ether oxygens (including phenoxy) is 1. The first-order valence-corrected chi connectivity index (χ1v) is 10.6. The average Bonchev–Trinajstić information content (AvgIpc) is 2.74. The first kappa shape index (κ1) is 22.2. The fourth-order valence-corrected chi connectivity index (χ4v) is 3.71. The van der Waals surface area contributed by atoms with E-state index in [4.69, 9.17) is 4.74 Å². The number of piperazine rings is 1. The first-order chi connectivity index (χ1) is 14.4. The van der Waals surface area contributed by atoms with Crippen molar-refractivity contribution in [2.45, 2.75) is 13.3 Å². The molecule has 0 spiro atoms. The van der Waals surface area contributed by atoms with E-state index in [0.717, 1.165) is 5.56 Å². The van der Waals surface area contributed by atoms with Crippen LogP contribution in [0.25, 0.3) is 0 Å². The summed E-state index contributed by atoms with van der Waals surface area (Å²) in [5.74, 6) is -0.0248. The summed E-state index contributed by atoms with van der Waals surface area (Å²) in [7, 11) is 1.59. The number of methoxy groups -OCH3 is 1. The van der Waals surface area contributed by atoms with E-state index in [2.05, 4.69) is 26.1 Å². The number of anilines is 1. The molecule has 6 nitrogen and oxygen atoms in total. The van der Waals surface area contributed by atoms with Crippen LogP contribution in [0.15, 0.2) is 40.9 Å². The van der Waals surface area contributed by atoms with E-state index in [9.17, 15) is 14.0 Å². The van der Waals surface area contributed by atoms with Gasteiger partial charge in [-0.15, -0.1) is 0 Å². The van der Waals surface area contributed by atoms with Crippen molar-refractivity contribution < 1.29 is 18.7 Å². The number of hydrogen-bond acceptors (Lipinski definition) is 4. The average molecular weight is 478 g/mol. The van der Waals surface area contributed by atoms with Crippen molar-refractivity contribution in [3.05, 3.63) is 57.8 Å². The number of aryl methyl sites for hydroxylation is 1. The normalized spacial score (nSPS) is 14.5. The lowest BCUT2D eigenvalue weighted by molar-refractivity contribution is -0.116. The fraction of sp³-hybridized carbons (Fsp3) is 0.364. The largest absolute Gasteiger partial charge is 0.496 e. The number of hydrogen-bond donors (Lipinski definition) is 1. The van der Waals surface area contributed by atoms with Crippen LogP contribution in [0.4, 0.5) is 10.1 Å². The Kier molecular flexibility index (Phi) is 7.44. The molecule has 2 amide bonds. The van der Waals surface area contributed by atoms with E-state index in [1.54, 1.807) is 19.2 Å². The molecule has 2 aromatic carbocycles. The lowest BCUT2D eigenvalue weighted by Crippen LogP contribution is -2.49. The highest BCUT2D eigenvalue weighted by molar-refractivity contribution is 9.10. The molecule has 1 aliphatic rings. The lowest BCUT2D eigenvalue weighted by atomic mass is 10.1. The van der Waals surface area contributed by atoms with E-state index in [1.807, 2.05) is 24.0 Å². The van der Waals surface area contributed by atoms with Crippen LogP contribution in [-0.2, 0) is 4.79 Å². The molecule has 0 aromatic heterocycles. The van der Waals surface area contributed by atoms with Gasteiger partial charge in [0.15, 0.2) is 0 Å². The van der Waals surface area contributed by atoms with Crippen LogP contribution < -0.4 is 10.1 Å². The molecule has 0 saturated carbocycles. The van der Waals surface area contributed by atoms with Gasteiger partial charge in [0.2, 0.25) is 5.91 Å². The van der Waals surface area contributed by atoms with Gasteiger partial charge in [-0.2, -0.15) is 0 Å². The van der Waals surface area contributed by atoms with Crippen LogP contribution in [0.5, 0.6) is 5.75 Å². The van der Waals surface area contributed by atoms with Crippen LogP contribution in [0.2, 0.25) is 0 Å². The number of carbonyl (C=O) groups excluding carboxylic acids is 2. The minimum absolute atomic E-state index is 0.0172. The van der Waals surface area contributed by atoms with Gasteiger partial charge in [-0.05, 0) is 42.8 Å². The Morgan fingerprint density at radius 1 is 1.13 bits per heavy atom. The Morgan fingerprint density at radius 3 is 2.53 bits per heavy atom. The third kappa shape index (κ3) is 5.58. The Bertz CT molecular complexity index is 930. The van der Waals surface area contributed by atoms with Gasteiger partial charge in [0.25, 0.3) is 5.91 Å². The molecular weight excluding hydrogens is 453 g/mol. The van der Waals surface area contributed by atoms with Crippen molar-refractivity contribution in [3.63, 3.8) is 0 Å². The van der Waals surface area contributed by atoms with Crippen molar-refractivity contribution in [2.75, 3.05) is 45.2 Å². The predicted octanol–water partition coefficient (Wildman–Crippen LogP) is 3.69. The highest BCUT2D eigenvalue weighted by atomic mass is 79.9. The molecule has 1 aliphatic heterocycles. The monoisotopic (exact) mass is 477 g/mol. The maximum absolute atomic E-state index is 13.8. The van der Waals surface area contributed by atoms with Gasteiger partial charge < -0.3 is 15.0 Å². The third-order valence-corrected chi connectivity index (χ3v) is 5.67. The Hall–Kier alpha value is -2.45. The van der Waals surface area contributed by atoms with Gasteiger partial charge >= 0.3 is 0 Å². The van der Waals surface area contributed by atoms with Crippen LogP contribution in [0, 0.1) is 12.7 Å². The molecule has 0 aliphatic carbocycles. The summed E-state index contributed by atoms with van der Waals surface area (Å²) < 4.78 is 19.8. The zero-order chi connectivity index (χ0) is 21.7. The molecule has 0 bridgehead atoms. The first-order valence-electron chi connectivity index (χ1n) is 9.78. The molecule has 2 aromatic rings. The number of nitrogens with one attached hydrogen (secondary N) is 1. The molecule has 1 fully saturated rings. The fourth-order valence-electron chi connectivity index (χ4n) is 3.37. The third-order valence-electron chi connectivity index (χ3n) is 5.17. The summed E-state index contributed by atoms with van der Waals surface area (Å²) in [5, 5.41) is 2.60. The van der Waals surface area contributed by atoms with E-state index in [1.165, 1.54) is 12.1 Å². The van der Waals surface area contributed by atoms with Crippen LogP contribution in [-0.4, -0.2) is 61.4 Å². The molecular formula is C22H25BrFN3O3. The molecule has 0 atom stereocenters. The summed E-state index contributed by atoms with van der Waals surface area (Å²) in [4.78, 5) is 28.9. The molecule has 1 N–H and O–H groups in total. The second-order valence-corrected chi connectivity index (χ2v) is 8.16. The Morgan fingerprint density at radius 2 is 1.87 bits per heavy atom. The number of amides is 2. The standard InChI is InChI=1S/C22H25BrFN3O3/c1-15-3-4-16(13-20(15)30-2)22(29)27-11-9-26(10-12-27)8-7-21(28)25-19-6-5-17(23)14-18(19)24/h3-6,13-14H,7-12H2,1-2H3,(H,25,28). The number of halogens is 2. The minimum Gasteiger partial charge on any atom is -0.496 e. The van der Waals surface area contributed by atoms with Gasteiger partial charge in [-0.1, -0.05) is 22.0 Å². The summed E-state index contributed by atoms with van der Waals surface area (Å²) in [6.45, 7) is 5.07. The second kappa shape index (κ2) is 10.0. The zero-order valence-corrected chi connectivity index (χ0v) is 18.7. The summed E-state index contributed by atoms with van der Waals surface area (Å²) >= 11 is 3.19. The maximum atomic E-state index is 13.8. The SMILES string of the molecule is COc1cc(C(=O)N2CCN(CCC(=O)Nc3ccc(Br)cc3F)CC2)ccc1C. The van der Waals surface area contributed by atoms with E-state index < -0.39 is 5.82 Å². The van der Waals surface area contributed by atoms with Crippen molar-refractivity contribution in [3.8, 4) is 5.75 Å². The maximum Gasteiger partial charge on any atom is 0.254 e. The zero-order valence-electron chi connectivity index (χ0n) is 17.1. The van der Waals surface area contributed by atoms with Gasteiger partial charge in [0.05, 0.1) is 12.8 Å². The summed E-state index contributed by atoms with van der Waals surface area (Å²) in [5.41, 5.74) is 1.77. The van der Waals surface area contributed by atoms with E-state index in [-0.39, 0.29) is 23.9 Å². The number of rotatable bonds is 6. The molecule has 0 radical (unpaired) electrons. The molecule has 1 heterocycles. The van der Waals surface area contributed by atoms with Crippen molar-refractivity contribution in [1.29, 1.82) is 0 Å². The summed E-state index contributed by atoms with van der Waals surface area (Å²) in [6.07, 6.45) is 0.263. The van der Waals surface area contributed by atoms with Crippen molar-refractivity contribution in [2.24, 2.45) is 0 Å². The summed E-state index contributed by atoms with van der Waals surface area (Å²) in [6, 6.07) is 10.00. The molecule has 8 heteroatoms. The number of carbonyl (C=O) groups is 2. The van der Waals surface area contributed by atoms with E-state index >= 15 is 0 Å². The topological polar surface area (TPSA) is 61.9 Å². The number of nitrogens with zero attached hydrogens (tertiary/aromatic N) is 2. The van der Waals surface area contributed by atoms with Gasteiger partial charge in [0.1, 0.15) is 11.6 Å². The molecule has 1 saturated heterocycles. The number of benzene rings is 2. The van der Waals surface area contributed by atoms with Crippen LogP contribution >= 0.6 is 15.9 Å².